The van der Waals surface area contributed by atoms with Crippen LogP contribution >= 0.6 is 0 Å². The van der Waals surface area contributed by atoms with Gasteiger partial charge in [-0.05, 0) is 29.7 Å². The van der Waals surface area contributed by atoms with E-state index in [1.165, 1.54) is 0 Å². The van der Waals surface area contributed by atoms with Crippen LogP contribution in [0.15, 0.2) is 54.7 Å². The van der Waals surface area contributed by atoms with Crippen LogP contribution in [-0.2, 0) is 17.8 Å². The molecule has 1 heterocycles. The molecule has 0 aliphatic carbocycles. The van der Waals surface area contributed by atoms with Crippen LogP contribution in [0.4, 0.5) is 0 Å². The van der Waals surface area contributed by atoms with E-state index >= 15 is 0 Å². The molecule has 118 valence electrons. The van der Waals surface area contributed by atoms with E-state index in [2.05, 4.69) is 10.3 Å². The maximum atomic E-state index is 12.1. The van der Waals surface area contributed by atoms with Crippen molar-refractivity contribution in [1.29, 1.82) is 0 Å². The number of aliphatic hydroxyl groups excluding tert-OH is 1. The third kappa shape index (κ3) is 3.60. The second-order valence-corrected chi connectivity index (χ2v) is 5.73. The van der Waals surface area contributed by atoms with Gasteiger partial charge in [0, 0.05) is 23.6 Å². The van der Waals surface area contributed by atoms with Gasteiger partial charge in [-0.1, -0.05) is 42.5 Å². The Bertz CT molecular complexity index is 804. The maximum Gasteiger partial charge on any atom is 0.224 e. The Balaban J connectivity index is 1.59. The van der Waals surface area contributed by atoms with Crippen molar-refractivity contribution in [2.24, 2.45) is 0 Å². The van der Waals surface area contributed by atoms with Gasteiger partial charge in [0.1, 0.15) is 0 Å². The van der Waals surface area contributed by atoms with Crippen molar-refractivity contribution in [3.8, 4) is 0 Å². The zero-order valence-electron chi connectivity index (χ0n) is 13.0. The predicted molar refractivity (Wildman–Crippen MR) is 90.9 cm³/mol. The Morgan fingerprint density at radius 1 is 1.17 bits per heavy atom. The lowest BCUT2D eigenvalue weighted by Gasteiger charge is -2.08. The summed E-state index contributed by atoms with van der Waals surface area (Å²) in [6.45, 7) is 2.22. The number of aromatic amines is 1. The molecule has 23 heavy (non-hydrogen) atoms. The number of amides is 1. The van der Waals surface area contributed by atoms with E-state index in [4.69, 9.17) is 0 Å². The summed E-state index contributed by atoms with van der Waals surface area (Å²) >= 11 is 0. The Kier molecular flexibility index (Phi) is 4.44. The first-order valence-corrected chi connectivity index (χ1v) is 7.72. The number of hydrogen-bond donors (Lipinski definition) is 3. The van der Waals surface area contributed by atoms with Gasteiger partial charge in [-0.15, -0.1) is 0 Å². The number of aromatic nitrogens is 1. The summed E-state index contributed by atoms with van der Waals surface area (Å²) in [6, 6.07) is 15.6. The normalized spacial score (nSPS) is 12.3. The molecular formula is C19H20N2O2. The number of carbonyl (C=O) groups is 1. The van der Waals surface area contributed by atoms with Gasteiger partial charge in [0.15, 0.2) is 0 Å². The van der Waals surface area contributed by atoms with Gasteiger partial charge in [-0.25, -0.2) is 0 Å². The van der Waals surface area contributed by atoms with E-state index in [-0.39, 0.29) is 5.91 Å². The van der Waals surface area contributed by atoms with Crippen LogP contribution in [0, 0.1) is 0 Å². The van der Waals surface area contributed by atoms with Gasteiger partial charge in [0.05, 0.1) is 12.5 Å². The maximum absolute atomic E-state index is 12.1. The summed E-state index contributed by atoms with van der Waals surface area (Å²) in [5.41, 5.74) is 3.94. The van der Waals surface area contributed by atoms with Crippen molar-refractivity contribution in [3.05, 3.63) is 71.4 Å². The molecule has 4 heteroatoms. The standard InChI is InChI=1S/C19H20N2O2/c1-13(22)15-8-6-14(7-9-15)11-21-19(23)10-16-12-20-18-5-3-2-4-17(16)18/h2-9,12-13,20,22H,10-11H2,1H3,(H,21,23). The van der Waals surface area contributed by atoms with Crippen LogP contribution in [0.5, 0.6) is 0 Å². The number of hydrogen-bond acceptors (Lipinski definition) is 2. The van der Waals surface area contributed by atoms with Crippen LogP contribution in [-0.4, -0.2) is 16.0 Å². The van der Waals surface area contributed by atoms with E-state index in [0.29, 0.717) is 13.0 Å². The molecule has 0 aliphatic heterocycles. The molecule has 1 amide bonds. The molecule has 0 saturated carbocycles. The number of carbonyl (C=O) groups excluding carboxylic acids is 1. The average Bonchev–Trinajstić information content (AvgIpc) is 2.96. The predicted octanol–water partition coefficient (Wildman–Crippen LogP) is 3.08. The molecule has 1 unspecified atom stereocenters. The van der Waals surface area contributed by atoms with Crippen molar-refractivity contribution in [2.75, 3.05) is 0 Å². The molecule has 2 aromatic carbocycles. The first-order chi connectivity index (χ1) is 11.1. The zero-order chi connectivity index (χ0) is 16.2. The van der Waals surface area contributed by atoms with Crippen LogP contribution in [0.25, 0.3) is 10.9 Å². The smallest absolute Gasteiger partial charge is 0.224 e. The van der Waals surface area contributed by atoms with Crippen molar-refractivity contribution in [1.82, 2.24) is 10.3 Å². The van der Waals surface area contributed by atoms with Gasteiger partial charge in [-0.2, -0.15) is 0 Å². The Morgan fingerprint density at radius 3 is 2.65 bits per heavy atom. The summed E-state index contributed by atoms with van der Waals surface area (Å²) in [6.07, 6.45) is 1.78. The number of H-pyrrole nitrogens is 1. The van der Waals surface area contributed by atoms with Crippen molar-refractivity contribution < 1.29 is 9.90 Å². The van der Waals surface area contributed by atoms with Gasteiger partial charge in [-0.3, -0.25) is 4.79 Å². The number of benzene rings is 2. The molecule has 1 atom stereocenters. The Morgan fingerprint density at radius 2 is 1.91 bits per heavy atom. The summed E-state index contributed by atoms with van der Waals surface area (Å²) < 4.78 is 0. The van der Waals surface area contributed by atoms with E-state index in [1.54, 1.807) is 6.92 Å². The van der Waals surface area contributed by atoms with E-state index in [1.807, 2.05) is 54.7 Å². The number of aliphatic hydroxyl groups is 1. The molecule has 3 aromatic rings. The lowest BCUT2D eigenvalue weighted by molar-refractivity contribution is -0.120. The van der Waals surface area contributed by atoms with Crippen LogP contribution in [0.1, 0.15) is 29.7 Å². The fourth-order valence-corrected chi connectivity index (χ4v) is 2.63. The highest BCUT2D eigenvalue weighted by Gasteiger charge is 2.08. The molecule has 3 N–H and O–H groups in total. The lowest BCUT2D eigenvalue weighted by atomic mass is 10.1. The molecule has 0 spiro atoms. The van der Waals surface area contributed by atoms with Gasteiger partial charge < -0.3 is 15.4 Å². The van der Waals surface area contributed by atoms with Crippen LogP contribution in [0.2, 0.25) is 0 Å². The minimum Gasteiger partial charge on any atom is -0.389 e. The number of nitrogens with one attached hydrogen (secondary N) is 2. The molecule has 0 aliphatic rings. The molecule has 0 saturated heterocycles. The quantitative estimate of drug-likeness (QED) is 0.678. The fourth-order valence-electron chi connectivity index (χ4n) is 2.63. The van der Waals surface area contributed by atoms with Gasteiger partial charge >= 0.3 is 0 Å². The van der Waals surface area contributed by atoms with E-state index in [9.17, 15) is 9.90 Å². The number of rotatable bonds is 5. The number of para-hydroxylation sites is 1. The highest BCUT2D eigenvalue weighted by Crippen LogP contribution is 2.18. The van der Waals surface area contributed by atoms with Crippen molar-refractivity contribution in [3.63, 3.8) is 0 Å². The van der Waals surface area contributed by atoms with Gasteiger partial charge in [0.2, 0.25) is 5.91 Å². The zero-order valence-corrected chi connectivity index (χ0v) is 13.0. The lowest BCUT2D eigenvalue weighted by Crippen LogP contribution is -2.24. The van der Waals surface area contributed by atoms with E-state index in [0.717, 1.165) is 27.6 Å². The summed E-state index contributed by atoms with van der Waals surface area (Å²) in [5, 5.41) is 13.5. The molecule has 0 radical (unpaired) electrons. The SMILES string of the molecule is CC(O)c1ccc(CNC(=O)Cc2c[nH]c3ccccc23)cc1. The average molecular weight is 308 g/mol. The second kappa shape index (κ2) is 6.67. The number of fused-ring (bicyclic) bond motifs is 1. The molecule has 0 fully saturated rings. The minimum absolute atomic E-state index is 0.00523. The fraction of sp³-hybridized carbons (Fsp3) is 0.211. The van der Waals surface area contributed by atoms with Crippen molar-refractivity contribution >= 4 is 16.8 Å². The summed E-state index contributed by atoms with van der Waals surface area (Å²) in [4.78, 5) is 15.3. The molecule has 3 rings (SSSR count). The van der Waals surface area contributed by atoms with Gasteiger partial charge in [0.25, 0.3) is 0 Å². The minimum atomic E-state index is -0.472. The highest BCUT2D eigenvalue weighted by atomic mass is 16.3. The molecule has 0 bridgehead atoms. The molecule has 4 nitrogen and oxygen atoms in total. The first-order valence-electron chi connectivity index (χ1n) is 7.72. The second-order valence-electron chi connectivity index (χ2n) is 5.73. The monoisotopic (exact) mass is 308 g/mol. The summed E-state index contributed by atoms with van der Waals surface area (Å²) in [5.74, 6) is -0.00523. The first kappa shape index (κ1) is 15.3. The van der Waals surface area contributed by atoms with Crippen LogP contribution < -0.4 is 5.32 Å². The Hall–Kier alpha value is -2.59. The summed E-state index contributed by atoms with van der Waals surface area (Å²) in [7, 11) is 0. The molecular weight excluding hydrogens is 288 g/mol. The highest BCUT2D eigenvalue weighted by molar-refractivity contribution is 5.88. The third-order valence-electron chi connectivity index (χ3n) is 3.98. The third-order valence-corrected chi connectivity index (χ3v) is 3.98. The topological polar surface area (TPSA) is 65.1 Å². The van der Waals surface area contributed by atoms with Crippen molar-refractivity contribution in [2.45, 2.75) is 26.0 Å². The largest absolute Gasteiger partial charge is 0.389 e. The Labute approximate surface area is 135 Å². The van der Waals surface area contributed by atoms with Crippen LogP contribution in [0.3, 0.4) is 0 Å². The molecule has 1 aromatic heterocycles. The van der Waals surface area contributed by atoms with E-state index < -0.39 is 6.10 Å².